The number of hydrogen-bond donors (Lipinski definition) is 1. The average molecular weight is 412 g/mol. The van der Waals surface area contributed by atoms with Crippen LogP contribution in [0.4, 0.5) is 0 Å². The van der Waals surface area contributed by atoms with Gasteiger partial charge in [0.1, 0.15) is 11.5 Å². The number of nitrogens with zero attached hydrogens (tertiary/aromatic N) is 1. The summed E-state index contributed by atoms with van der Waals surface area (Å²) in [6.07, 6.45) is 0. The summed E-state index contributed by atoms with van der Waals surface area (Å²) in [6.45, 7) is 0. The van der Waals surface area contributed by atoms with Crippen LogP contribution in [-0.4, -0.2) is 23.8 Å². The molecule has 1 heterocycles. The summed E-state index contributed by atoms with van der Waals surface area (Å²) in [6, 6.07) is 11.9. The number of aromatic amines is 1. The Morgan fingerprint density at radius 2 is 1.90 bits per heavy atom. The second kappa shape index (κ2) is 5.69. The number of nitrogens with one attached hydrogen (secondary N) is 1. The van der Waals surface area contributed by atoms with Gasteiger partial charge < -0.3 is 14.5 Å². The Morgan fingerprint density at radius 1 is 1.10 bits per heavy atom. The molecule has 6 heteroatoms. The lowest BCUT2D eigenvalue weighted by molar-refractivity contribution is 0.393. The molecule has 4 nitrogen and oxygen atoms in total. The van der Waals surface area contributed by atoms with Crippen molar-refractivity contribution < 1.29 is 9.47 Å². The van der Waals surface area contributed by atoms with E-state index in [9.17, 15) is 0 Å². The van der Waals surface area contributed by atoms with E-state index in [0.29, 0.717) is 10.5 Å². The third-order valence-corrected chi connectivity index (χ3v) is 4.23. The average Bonchev–Trinajstić information content (AvgIpc) is 2.81. The van der Waals surface area contributed by atoms with Gasteiger partial charge in [0.05, 0.1) is 30.9 Å². The molecule has 0 aliphatic heterocycles. The smallest absolute Gasteiger partial charge is 0.182 e. The van der Waals surface area contributed by atoms with Crippen LogP contribution in [0.25, 0.3) is 16.7 Å². The summed E-state index contributed by atoms with van der Waals surface area (Å²) in [4.78, 5) is 3.23. The summed E-state index contributed by atoms with van der Waals surface area (Å²) in [5.41, 5.74) is 2.91. The number of imidazole rings is 1. The van der Waals surface area contributed by atoms with Crippen molar-refractivity contribution in [1.82, 2.24) is 9.55 Å². The third-order valence-electron chi connectivity index (χ3n) is 3.27. The zero-order valence-corrected chi connectivity index (χ0v) is 14.5. The topological polar surface area (TPSA) is 39.2 Å². The minimum atomic E-state index is 0.635. The van der Waals surface area contributed by atoms with E-state index in [4.69, 9.17) is 21.7 Å². The Morgan fingerprint density at radius 3 is 2.62 bits per heavy atom. The standard InChI is InChI=1S/C15H13IN2O2S/c1-19-10-4-6-13(14(8-10)20-2)18-12-5-3-9(16)7-11(12)17-15(18)21/h3-8H,1-2H3,(H,17,21). The predicted octanol–water partition coefficient (Wildman–Crippen LogP) is 4.31. The van der Waals surface area contributed by atoms with E-state index in [2.05, 4.69) is 39.7 Å². The van der Waals surface area contributed by atoms with Gasteiger partial charge in [-0.25, -0.2) is 0 Å². The lowest BCUT2D eigenvalue weighted by Gasteiger charge is -2.12. The highest BCUT2D eigenvalue weighted by atomic mass is 127. The van der Waals surface area contributed by atoms with Crippen LogP contribution in [0.15, 0.2) is 36.4 Å². The van der Waals surface area contributed by atoms with Crippen LogP contribution in [0.2, 0.25) is 0 Å². The lowest BCUT2D eigenvalue weighted by Crippen LogP contribution is -1.98. The van der Waals surface area contributed by atoms with Crippen LogP contribution in [0.5, 0.6) is 11.5 Å². The third kappa shape index (κ3) is 2.53. The monoisotopic (exact) mass is 412 g/mol. The molecule has 0 bridgehead atoms. The van der Waals surface area contributed by atoms with Gasteiger partial charge >= 0.3 is 0 Å². The van der Waals surface area contributed by atoms with Gasteiger partial charge in [-0.1, -0.05) is 0 Å². The Kier molecular flexibility index (Phi) is 3.90. The van der Waals surface area contributed by atoms with Crippen molar-refractivity contribution in [3.8, 4) is 17.2 Å². The Labute approximate surface area is 140 Å². The van der Waals surface area contributed by atoms with Crippen molar-refractivity contribution in [1.29, 1.82) is 0 Å². The van der Waals surface area contributed by atoms with E-state index in [1.165, 1.54) is 0 Å². The van der Waals surface area contributed by atoms with E-state index in [1.807, 2.05) is 28.8 Å². The molecule has 21 heavy (non-hydrogen) atoms. The SMILES string of the molecule is COc1ccc(-n2c(=S)[nH]c3cc(I)ccc32)c(OC)c1. The van der Waals surface area contributed by atoms with Gasteiger partial charge in [0, 0.05) is 9.64 Å². The summed E-state index contributed by atoms with van der Waals surface area (Å²) < 4.78 is 14.5. The highest BCUT2D eigenvalue weighted by Crippen LogP contribution is 2.31. The van der Waals surface area contributed by atoms with Gasteiger partial charge in [-0.05, 0) is 65.1 Å². The second-order valence-corrected chi connectivity index (χ2v) is 6.10. The molecule has 108 valence electrons. The number of benzene rings is 2. The largest absolute Gasteiger partial charge is 0.497 e. The number of rotatable bonds is 3. The number of fused-ring (bicyclic) bond motifs is 1. The van der Waals surface area contributed by atoms with Crippen LogP contribution in [0, 0.1) is 8.34 Å². The van der Waals surface area contributed by atoms with Crippen LogP contribution in [0.1, 0.15) is 0 Å². The Hall–Kier alpha value is -1.54. The summed E-state index contributed by atoms with van der Waals surface area (Å²) in [7, 11) is 3.27. The highest BCUT2D eigenvalue weighted by molar-refractivity contribution is 14.1. The second-order valence-electron chi connectivity index (χ2n) is 4.46. The fourth-order valence-electron chi connectivity index (χ4n) is 2.29. The number of ether oxygens (including phenoxy) is 2. The maximum absolute atomic E-state index is 5.48. The highest BCUT2D eigenvalue weighted by Gasteiger charge is 2.12. The molecule has 0 aliphatic rings. The van der Waals surface area contributed by atoms with Crippen LogP contribution >= 0.6 is 34.8 Å². The number of aromatic nitrogens is 2. The van der Waals surface area contributed by atoms with Crippen LogP contribution in [-0.2, 0) is 0 Å². The molecule has 0 atom stereocenters. The van der Waals surface area contributed by atoms with E-state index in [1.54, 1.807) is 14.2 Å². The number of hydrogen-bond acceptors (Lipinski definition) is 3. The number of H-pyrrole nitrogens is 1. The molecule has 1 aromatic heterocycles. The van der Waals surface area contributed by atoms with Gasteiger partial charge in [0.25, 0.3) is 0 Å². The first-order chi connectivity index (χ1) is 10.1. The zero-order valence-electron chi connectivity index (χ0n) is 11.5. The van der Waals surface area contributed by atoms with E-state index < -0.39 is 0 Å². The molecule has 0 radical (unpaired) electrons. The Balaban J connectivity index is 2.30. The minimum Gasteiger partial charge on any atom is -0.497 e. The molecule has 0 unspecified atom stereocenters. The number of methoxy groups -OCH3 is 2. The van der Waals surface area contributed by atoms with Crippen molar-refractivity contribution >= 4 is 45.8 Å². The molecule has 0 fully saturated rings. The maximum Gasteiger partial charge on any atom is 0.182 e. The fraction of sp³-hybridized carbons (Fsp3) is 0.133. The van der Waals surface area contributed by atoms with E-state index in [0.717, 1.165) is 26.0 Å². The molecular formula is C15H13IN2O2S. The van der Waals surface area contributed by atoms with Crippen LogP contribution < -0.4 is 9.47 Å². The minimum absolute atomic E-state index is 0.635. The van der Waals surface area contributed by atoms with Gasteiger partial charge in [0.2, 0.25) is 0 Å². The summed E-state index contributed by atoms with van der Waals surface area (Å²) in [5, 5.41) is 0. The maximum atomic E-state index is 5.48. The van der Waals surface area contributed by atoms with Crippen molar-refractivity contribution in [2.75, 3.05) is 14.2 Å². The summed E-state index contributed by atoms with van der Waals surface area (Å²) >= 11 is 7.75. The molecule has 0 amide bonds. The van der Waals surface area contributed by atoms with Gasteiger partial charge in [-0.2, -0.15) is 0 Å². The first-order valence-electron chi connectivity index (χ1n) is 6.26. The molecule has 2 aromatic carbocycles. The molecule has 0 spiro atoms. The van der Waals surface area contributed by atoms with Crippen molar-refractivity contribution in [3.63, 3.8) is 0 Å². The van der Waals surface area contributed by atoms with Crippen molar-refractivity contribution in [2.45, 2.75) is 0 Å². The molecule has 0 aliphatic carbocycles. The molecule has 3 rings (SSSR count). The van der Waals surface area contributed by atoms with Crippen molar-refractivity contribution in [3.05, 3.63) is 44.7 Å². The van der Waals surface area contributed by atoms with E-state index >= 15 is 0 Å². The Bertz CT molecular complexity index is 870. The zero-order chi connectivity index (χ0) is 15.0. The molecule has 0 saturated heterocycles. The van der Waals surface area contributed by atoms with Gasteiger partial charge in [-0.15, -0.1) is 0 Å². The van der Waals surface area contributed by atoms with Gasteiger partial charge in [-0.3, -0.25) is 4.57 Å². The van der Waals surface area contributed by atoms with Crippen LogP contribution in [0.3, 0.4) is 0 Å². The first-order valence-corrected chi connectivity index (χ1v) is 7.75. The first kappa shape index (κ1) is 14.4. The van der Waals surface area contributed by atoms with E-state index in [-0.39, 0.29) is 0 Å². The quantitative estimate of drug-likeness (QED) is 0.515. The normalized spacial score (nSPS) is 10.8. The number of halogens is 1. The lowest BCUT2D eigenvalue weighted by atomic mass is 10.2. The molecule has 0 saturated carbocycles. The molecule has 1 N–H and O–H groups in total. The van der Waals surface area contributed by atoms with Gasteiger partial charge in [0.15, 0.2) is 4.77 Å². The molecule has 3 aromatic rings. The van der Waals surface area contributed by atoms with Crippen molar-refractivity contribution in [2.24, 2.45) is 0 Å². The fourth-order valence-corrected chi connectivity index (χ4v) is 3.09. The summed E-state index contributed by atoms with van der Waals surface area (Å²) in [5.74, 6) is 1.46. The predicted molar refractivity (Wildman–Crippen MR) is 94.3 cm³/mol. The molecular weight excluding hydrogens is 399 g/mol.